The second-order valence-corrected chi connectivity index (χ2v) is 3.23. The third-order valence-electron chi connectivity index (χ3n) is 1.64. The average Bonchev–Trinajstić information content (AvgIpc) is 2.47. The van der Waals surface area contributed by atoms with E-state index in [1.54, 1.807) is 11.0 Å². The maximum atomic E-state index is 5.66. The fraction of sp³-hybridized carbons (Fsp3) is 0.625. The van der Waals surface area contributed by atoms with Gasteiger partial charge in [0.05, 0.1) is 5.84 Å². The molecular weight excluding hydrogens is 166 g/mol. The number of hydrogen-bond acceptors (Lipinski definition) is 3. The van der Waals surface area contributed by atoms with Crippen LogP contribution >= 0.6 is 0 Å². The van der Waals surface area contributed by atoms with Crippen LogP contribution in [0.25, 0.3) is 0 Å². The number of aromatic nitrogens is 3. The highest BCUT2D eigenvalue weighted by atomic mass is 15.3. The Morgan fingerprint density at radius 2 is 2.38 bits per heavy atom. The zero-order valence-corrected chi connectivity index (χ0v) is 8.23. The standard InChI is InChI=1S/C8H15N5/c1-6(2)8(9)10-4-7-11-5-13(3)12-7/h5-6H,4H2,1-3H3,(H2,9,10). The molecule has 0 bridgehead atoms. The van der Waals surface area contributed by atoms with Crippen molar-refractivity contribution in [1.29, 1.82) is 0 Å². The summed E-state index contributed by atoms with van der Waals surface area (Å²) in [5.74, 6) is 1.63. The van der Waals surface area contributed by atoms with Gasteiger partial charge in [-0.25, -0.2) is 4.98 Å². The summed E-state index contributed by atoms with van der Waals surface area (Å²) < 4.78 is 1.65. The van der Waals surface area contributed by atoms with Gasteiger partial charge in [0.15, 0.2) is 5.82 Å². The quantitative estimate of drug-likeness (QED) is 0.539. The minimum absolute atomic E-state index is 0.281. The van der Waals surface area contributed by atoms with Gasteiger partial charge in [-0.05, 0) is 0 Å². The summed E-state index contributed by atoms with van der Waals surface area (Å²) in [6, 6.07) is 0. The summed E-state index contributed by atoms with van der Waals surface area (Å²) in [4.78, 5) is 8.20. The van der Waals surface area contributed by atoms with Crippen molar-refractivity contribution < 1.29 is 0 Å². The molecule has 0 radical (unpaired) electrons. The fourth-order valence-electron chi connectivity index (χ4n) is 0.801. The molecule has 0 unspecified atom stereocenters. The predicted molar refractivity (Wildman–Crippen MR) is 51.2 cm³/mol. The Bertz CT molecular complexity index is 299. The van der Waals surface area contributed by atoms with Gasteiger partial charge < -0.3 is 5.73 Å². The zero-order valence-electron chi connectivity index (χ0n) is 8.23. The lowest BCUT2D eigenvalue weighted by Gasteiger charge is -2.01. The Labute approximate surface area is 77.7 Å². The number of rotatable bonds is 3. The van der Waals surface area contributed by atoms with Crippen molar-refractivity contribution in [1.82, 2.24) is 14.8 Å². The summed E-state index contributed by atoms with van der Waals surface area (Å²) >= 11 is 0. The van der Waals surface area contributed by atoms with E-state index in [4.69, 9.17) is 5.73 Å². The number of hydrogen-bond donors (Lipinski definition) is 1. The van der Waals surface area contributed by atoms with E-state index in [-0.39, 0.29) is 5.92 Å². The van der Waals surface area contributed by atoms with E-state index >= 15 is 0 Å². The van der Waals surface area contributed by atoms with E-state index in [1.807, 2.05) is 20.9 Å². The second kappa shape index (κ2) is 4.02. The van der Waals surface area contributed by atoms with Gasteiger partial charge in [0.1, 0.15) is 12.9 Å². The minimum Gasteiger partial charge on any atom is -0.387 e. The van der Waals surface area contributed by atoms with Crippen LogP contribution in [0, 0.1) is 5.92 Å². The maximum Gasteiger partial charge on any atom is 0.171 e. The van der Waals surface area contributed by atoms with E-state index < -0.39 is 0 Å². The second-order valence-electron chi connectivity index (χ2n) is 3.23. The number of amidine groups is 1. The van der Waals surface area contributed by atoms with Crippen LogP contribution in [0.3, 0.4) is 0 Å². The van der Waals surface area contributed by atoms with Crippen molar-refractivity contribution in [3.05, 3.63) is 12.2 Å². The summed E-state index contributed by atoms with van der Waals surface area (Å²) in [5.41, 5.74) is 5.66. The van der Waals surface area contributed by atoms with Crippen molar-refractivity contribution in [2.75, 3.05) is 0 Å². The van der Waals surface area contributed by atoms with Gasteiger partial charge in [0.25, 0.3) is 0 Å². The molecule has 0 aliphatic rings. The first-order valence-electron chi connectivity index (χ1n) is 4.24. The van der Waals surface area contributed by atoms with Crippen LogP contribution < -0.4 is 5.73 Å². The summed E-state index contributed by atoms with van der Waals surface area (Å²) in [7, 11) is 1.83. The van der Waals surface area contributed by atoms with Gasteiger partial charge in [0, 0.05) is 13.0 Å². The minimum atomic E-state index is 0.281. The molecule has 0 amide bonds. The molecule has 72 valence electrons. The molecule has 1 aromatic heterocycles. The Kier molecular flexibility index (Phi) is 3.00. The van der Waals surface area contributed by atoms with Gasteiger partial charge >= 0.3 is 0 Å². The zero-order chi connectivity index (χ0) is 9.84. The van der Waals surface area contributed by atoms with Gasteiger partial charge in [0.2, 0.25) is 0 Å². The highest BCUT2D eigenvalue weighted by Crippen LogP contribution is 1.95. The van der Waals surface area contributed by atoms with Crippen molar-refractivity contribution >= 4 is 5.84 Å². The van der Waals surface area contributed by atoms with Crippen molar-refractivity contribution in [2.24, 2.45) is 23.7 Å². The number of aliphatic imine (C=N–C) groups is 1. The maximum absolute atomic E-state index is 5.66. The highest BCUT2D eigenvalue weighted by Gasteiger charge is 2.00. The first-order valence-corrected chi connectivity index (χ1v) is 4.24. The molecule has 0 spiro atoms. The van der Waals surface area contributed by atoms with Gasteiger partial charge in [-0.3, -0.25) is 9.67 Å². The molecule has 0 atom stereocenters. The molecule has 0 saturated carbocycles. The molecule has 0 aromatic carbocycles. The van der Waals surface area contributed by atoms with E-state index in [0.717, 1.165) is 0 Å². The molecular formula is C8H15N5. The van der Waals surface area contributed by atoms with Crippen molar-refractivity contribution in [3.8, 4) is 0 Å². The molecule has 1 heterocycles. The van der Waals surface area contributed by atoms with E-state index in [1.165, 1.54) is 0 Å². The lowest BCUT2D eigenvalue weighted by Crippen LogP contribution is -2.18. The predicted octanol–water partition coefficient (Wildman–Crippen LogP) is 0.328. The SMILES string of the molecule is CC(C)C(N)=NCc1ncn(C)n1. The van der Waals surface area contributed by atoms with Crippen LogP contribution in [0.4, 0.5) is 0 Å². The van der Waals surface area contributed by atoms with E-state index in [9.17, 15) is 0 Å². The van der Waals surface area contributed by atoms with Crippen LogP contribution in [-0.4, -0.2) is 20.6 Å². The van der Waals surface area contributed by atoms with Gasteiger partial charge in [-0.1, -0.05) is 13.8 Å². The fourth-order valence-corrected chi connectivity index (χ4v) is 0.801. The first-order chi connectivity index (χ1) is 6.09. The van der Waals surface area contributed by atoms with Crippen LogP contribution in [0.1, 0.15) is 19.7 Å². The molecule has 5 heteroatoms. The smallest absolute Gasteiger partial charge is 0.171 e. The summed E-state index contributed by atoms with van der Waals surface area (Å²) in [6.07, 6.45) is 1.65. The monoisotopic (exact) mass is 181 g/mol. The molecule has 13 heavy (non-hydrogen) atoms. The van der Waals surface area contributed by atoms with Crippen molar-refractivity contribution in [3.63, 3.8) is 0 Å². The molecule has 0 saturated heterocycles. The van der Waals surface area contributed by atoms with E-state index in [0.29, 0.717) is 18.2 Å². The summed E-state index contributed by atoms with van der Waals surface area (Å²) in [5, 5.41) is 4.08. The Morgan fingerprint density at radius 1 is 1.69 bits per heavy atom. The molecule has 0 aliphatic carbocycles. The molecule has 1 rings (SSSR count). The van der Waals surface area contributed by atoms with E-state index in [2.05, 4.69) is 15.1 Å². The highest BCUT2D eigenvalue weighted by molar-refractivity contribution is 5.82. The third-order valence-corrected chi connectivity index (χ3v) is 1.64. The first kappa shape index (κ1) is 9.70. The third kappa shape index (κ3) is 2.85. The molecule has 5 nitrogen and oxygen atoms in total. The van der Waals surface area contributed by atoms with Crippen molar-refractivity contribution in [2.45, 2.75) is 20.4 Å². The Morgan fingerprint density at radius 3 is 2.85 bits per heavy atom. The van der Waals surface area contributed by atoms with Crippen LogP contribution in [0.5, 0.6) is 0 Å². The van der Waals surface area contributed by atoms with Crippen LogP contribution in [0.2, 0.25) is 0 Å². The topological polar surface area (TPSA) is 69.1 Å². The van der Waals surface area contributed by atoms with Gasteiger partial charge in [-0.2, -0.15) is 5.10 Å². The number of aryl methyl sites for hydroxylation is 1. The number of nitrogens with two attached hydrogens (primary N) is 1. The van der Waals surface area contributed by atoms with Crippen LogP contribution in [0.15, 0.2) is 11.3 Å². The lowest BCUT2D eigenvalue weighted by atomic mass is 10.2. The summed E-state index contributed by atoms with van der Waals surface area (Å²) in [6.45, 7) is 4.47. The molecule has 1 aromatic rings. The molecule has 0 aliphatic heterocycles. The lowest BCUT2D eigenvalue weighted by molar-refractivity contribution is 0.740. The van der Waals surface area contributed by atoms with Gasteiger partial charge in [-0.15, -0.1) is 0 Å². The van der Waals surface area contributed by atoms with Crippen LogP contribution in [-0.2, 0) is 13.6 Å². The Hall–Kier alpha value is -1.39. The molecule has 0 fully saturated rings. The Balaban J connectivity index is 2.56. The number of nitrogens with zero attached hydrogens (tertiary/aromatic N) is 4. The average molecular weight is 181 g/mol. The molecule has 2 N–H and O–H groups in total. The normalized spacial score (nSPS) is 12.5. The largest absolute Gasteiger partial charge is 0.387 e.